The van der Waals surface area contributed by atoms with Crippen LogP contribution in [0.25, 0.3) is 0 Å². The number of carbonyl (C=O) groups excluding carboxylic acids is 4. The highest BCUT2D eigenvalue weighted by molar-refractivity contribution is 9.09. The number of ether oxygens (including phenoxy) is 2. The Kier molecular flexibility index (Phi) is 14.3. The molecule has 264 valence electrons. The molecule has 0 radical (unpaired) electrons. The van der Waals surface area contributed by atoms with Crippen LogP contribution in [0.4, 0.5) is 0 Å². The summed E-state index contributed by atoms with van der Waals surface area (Å²) in [6.45, 7) is 11.1. The van der Waals surface area contributed by atoms with E-state index in [9.17, 15) is 24.3 Å². The number of rotatable bonds is 21. The number of aliphatic hydroxyl groups excluding tert-OH is 1. The maximum absolute atomic E-state index is 14.5. The van der Waals surface area contributed by atoms with Crippen LogP contribution in [0.2, 0.25) is 0 Å². The fourth-order valence-electron chi connectivity index (χ4n) is 7.48. The highest BCUT2D eigenvalue weighted by Gasteiger charge is 2.77. The molecule has 3 aliphatic rings. The van der Waals surface area contributed by atoms with Crippen molar-refractivity contribution in [2.45, 2.75) is 99.8 Å². The van der Waals surface area contributed by atoms with Gasteiger partial charge in [0.1, 0.15) is 17.7 Å². The number of benzene rings is 1. The first-order valence-corrected chi connectivity index (χ1v) is 18.4. The van der Waals surface area contributed by atoms with Crippen LogP contribution in [0.1, 0.15) is 82.8 Å². The summed E-state index contributed by atoms with van der Waals surface area (Å²) in [6.07, 6.45) is 8.91. The summed E-state index contributed by atoms with van der Waals surface area (Å²) in [5.74, 6) is -3.02. The van der Waals surface area contributed by atoms with Crippen LogP contribution in [0, 0.1) is 11.8 Å². The van der Waals surface area contributed by atoms with Gasteiger partial charge in [0.2, 0.25) is 17.7 Å². The topological polar surface area (TPSA) is 125 Å². The number of nitrogens with one attached hydrogen (secondary N) is 1. The van der Waals surface area contributed by atoms with Gasteiger partial charge in [-0.3, -0.25) is 19.2 Å². The summed E-state index contributed by atoms with van der Waals surface area (Å²) < 4.78 is 12.9. The van der Waals surface area contributed by atoms with Crippen molar-refractivity contribution >= 4 is 39.6 Å². The Bertz CT molecular complexity index is 1280. The van der Waals surface area contributed by atoms with Crippen molar-refractivity contribution in [3.63, 3.8) is 0 Å². The lowest BCUT2D eigenvalue weighted by atomic mass is 9.70. The predicted molar refractivity (Wildman–Crippen MR) is 187 cm³/mol. The molecule has 1 aromatic carbocycles. The van der Waals surface area contributed by atoms with E-state index in [1.54, 1.807) is 22.0 Å². The molecule has 3 aliphatic heterocycles. The maximum Gasteiger partial charge on any atom is 0.313 e. The van der Waals surface area contributed by atoms with Gasteiger partial charge in [0, 0.05) is 37.5 Å². The van der Waals surface area contributed by atoms with Gasteiger partial charge in [0.15, 0.2) is 0 Å². The van der Waals surface area contributed by atoms with Crippen molar-refractivity contribution in [3.05, 3.63) is 61.2 Å². The minimum absolute atomic E-state index is 0.0703. The summed E-state index contributed by atoms with van der Waals surface area (Å²) >= 11 is 3.74. The van der Waals surface area contributed by atoms with Crippen molar-refractivity contribution in [2.24, 2.45) is 11.8 Å². The molecule has 2 N–H and O–H groups in total. The number of halogens is 1. The molecule has 10 nitrogen and oxygen atoms in total. The van der Waals surface area contributed by atoms with Gasteiger partial charge in [-0.1, -0.05) is 91.0 Å². The van der Waals surface area contributed by atoms with Crippen molar-refractivity contribution < 1.29 is 33.8 Å². The largest absolute Gasteiger partial charge is 0.455 e. The zero-order chi connectivity index (χ0) is 34.7. The molecule has 48 heavy (non-hydrogen) atoms. The molecule has 3 amide bonds. The van der Waals surface area contributed by atoms with Gasteiger partial charge in [-0.15, -0.1) is 13.2 Å². The Morgan fingerprint density at radius 2 is 1.90 bits per heavy atom. The quantitative estimate of drug-likeness (QED) is 0.0802. The van der Waals surface area contributed by atoms with Crippen LogP contribution in [0.5, 0.6) is 0 Å². The first kappa shape index (κ1) is 37.8. The van der Waals surface area contributed by atoms with E-state index in [2.05, 4.69) is 41.3 Å². The molecule has 2 bridgehead atoms. The third-order valence-corrected chi connectivity index (χ3v) is 10.6. The average Bonchev–Trinajstić information content (AvgIpc) is 3.68. The van der Waals surface area contributed by atoms with Gasteiger partial charge in [0.25, 0.3) is 0 Å². The molecule has 11 heteroatoms. The lowest BCUT2D eigenvalue weighted by Crippen LogP contribution is -2.57. The van der Waals surface area contributed by atoms with Crippen LogP contribution in [-0.4, -0.2) is 94.0 Å². The van der Waals surface area contributed by atoms with E-state index < -0.39 is 41.7 Å². The van der Waals surface area contributed by atoms with Crippen LogP contribution in [-0.2, 0) is 28.7 Å². The van der Waals surface area contributed by atoms with E-state index in [0.717, 1.165) is 32.1 Å². The number of nitrogens with zero attached hydrogens (tertiary/aromatic N) is 2. The van der Waals surface area contributed by atoms with Crippen LogP contribution < -0.4 is 5.32 Å². The van der Waals surface area contributed by atoms with E-state index in [1.165, 1.54) is 0 Å². The number of allylic oxidation sites excluding steroid dienone is 1. The van der Waals surface area contributed by atoms with E-state index in [4.69, 9.17) is 9.47 Å². The second-order valence-electron chi connectivity index (χ2n) is 13.1. The van der Waals surface area contributed by atoms with Crippen molar-refractivity contribution in [1.29, 1.82) is 0 Å². The summed E-state index contributed by atoms with van der Waals surface area (Å²) in [5.41, 5.74) is -0.473. The van der Waals surface area contributed by atoms with Gasteiger partial charge in [0.05, 0.1) is 24.5 Å². The molecule has 0 aliphatic carbocycles. The van der Waals surface area contributed by atoms with E-state index in [-0.39, 0.29) is 42.1 Å². The van der Waals surface area contributed by atoms with Crippen molar-refractivity contribution in [1.82, 2.24) is 15.1 Å². The van der Waals surface area contributed by atoms with Crippen molar-refractivity contribution in [2.75, 3.05) is 32.8 Å². The summed E-state index contributed by atoms with van der Waals surface area (Å²) in [7, 11) is 0. The van der Waals surface area contributed by atoms with Crippen LogP contribution in [0.3, 0.4) is 0 Å². The number of carbonyl (C=O) groups is 4. The zero-order valence-electron chi connectivity index (χ0n) is 28.2. The van der Waals surface area contributed by atoms with Gasteiger partial charge in [-0.05, 0) is 37.7 Å². The molecule has 3 fully saturated rings. The van der Waals surface area contributed by atoms with Gasteiger partial charge in [-0.2, -0.15) is 0 Å². The average molecular weight is 731 g/mol. The minimum Gasteiger partial charge on any atom is -0.455 e. The lowest BCUT2D eigenvalue weighted by molar-refractivity contribution is -0.160. The second kappa shape index (κ2) is 18.1. The first-order valence-electron chi connectivity index (χ1n) is 17.5. The Morgan fingerprint density at radius 1 is 1.15 bits per heavy atom. The third-order valence-electron chi connectivity index (χ3n) is 9.79. The molecule has 3 heterocycles. The summed E-state index contributed by atoms with van der Waals surface area (Å²) in [4.78, 5) is 58.8. The minimum atomic E-state index is -1.19. The van der Waals surface area contributed by atoms with E-state index in [0.29, 0.717) is 50.9 Å². The highest BCUT2D eigenvalue weighted by atomic mass is 79.9. The number of hydrogen-bond acceptors (Lipinski definition) is 7. The molecular formula is C37H52BrN3O7. The third kappa shape index (κ3) is 8.40. The molecule has 4 rings (SSSR count). The van der Waals surface area contributed by atoms with E-state index >= 15 is 0 Å². The SMILES string of the molecule is C=CCCC(=O)NC[C@@H](OC(=O)[C@@H]1[C@H]2O[C@@]3(CC2Br)[C@H](C(=O)N(CC=C)CCCCC)N(CCCCCCO)C(=O)[C@@H]13)c1ccccc1. The molecule has 7 atom stereocenters. The number of esters is 1. The van der Waals surface area contributed by atoms with Gasteiger partial charge < -0.3 is 29.7 Å². The van der Waals surface area contributed by atoms with Crippen LogP contribution >= 0.6 is 15.9 Å². The number of hydrogen-bond donors (Lipinski definition) is 2. The Labute approximate surface area is 293 Å². The standard InChI is InChI=1S/C37H52BrN3O7/c1-4-7-14-21-40(20-6-3)35(45)33-37-24-27(38)32(48-37)30(31(37)34(44)41(33)22-15-9-10-16-23-42)36(46)47-28(26-17-12-11-13-18-26)25-39-29(43)19-8-5-2/h5-6,11-13,17-18,27-28,30-33,42H,2-4,7-10,14-16,19-25H2,1H3,(H,39,43)/t27?,28-,30+,31-,32+,33+,37-/m1/s1. The normalized spacial score (nSPS) is 26.2. The molecule has 0 aromatic heterocycles. The summed E-state index contributed by atoms with van der Waals surface area (Å²) in [5, 5.41) is 12.1. The predicted octanol–water partition coefficient (Wildman–Crippen LogP) is 4.86. The molecule has 3 saturated heterocycles. The Hall–Kier alpha value is -3.02. The monoisotopic (exact) mass is 729 g/mol. The first-order chi connectivity index (χ1) is 23.2. The number of unbranched alkanes of at least 4 members (excludes halogenated alkanes) is 5. The lowest BCUT2D eigenvalue weighted by Gasteiger charge is -2.37. The fourth-order valence-corrected chi connectivity index (χ4v) is 8.42. The van der Waals surface area contributed by atoms with Crippen LogP contribution in [0.15, 0.2) is 55.6 Å². The molecule has 0 saturated carbocycles. The molecule has 1 spiro atoms. The Morgan fingerprint density at radius 3 is 2.58 bits per heavy atom. The van der Waals surface area contributed by atoms with Gasteiger partial charge in [-0.25, -0.2) is 0 Å². The number of amides is 3. The molecule has 1 aromatic rings. The van der Waals surface area contributed by atoms with E-state index in [1.807, 2.05) is 30.3 Å². The zero-order valence-corrected chi connectivity index (χ0v) is 29.8. The number of likely N-dealkylation sites (tertiary alicyclic amines) is 1. The summed E-state index contributed by atoms with van der Waals surface area (Å²) in [6, 6.07) is 8.32. The number of aliphatic hydroxyl groups is 1. The number of fused-ring (bicyclic) bond motifs is 1. The fraction of sp³-hybridized carbons (Fsp3) is 0.622. The maximum atomic E-state index is 14.5. The molecular weight excluding hydrogens is 678 g/mol. The van der Waals surface area contributed by atoms with Gasteiger partial charge >= 0.3 is 5.97 Å². The highest BCUT2D eigenvalue weighted by Crippen LogP contribution is 2.60. The molecule has 1 unspecified atom stereocenters. The van der Waals surface area contributed by atoms with Crippen molar-refractivity contribution in [3.8, 4) is 0 Å². The smallest absolute Gasteiger partial charge is 0.313 e. The number of alkyl halides is 1. The second-order valence-corrected chi connectivity index (χ2v) is 14.3. The Balaban J connectivity index is 1.63.